The average Bonchev–Trinajstić information content (AvgIpc) is 2.75. The van der Waals surface area contributed by atoms with Gasteiger partial charge < -0.3 is 0 Å². The lowest BCUT2D eigenvalue weighted by atomic mass is 9.67. The number of aryl methyl sites for hydroxylation is 1. The summed E-state index contributed by atoms with van der Waals surface area (Å²) in [6, 6.07) is 2.52. The minimum atomic E-state index is -0.269. The number of aromatic nitrogens is 4. The van der Waals surface area contributed by atoms with Crippen LogP contribution in [0.3, 0.4) is 0 Å². The highest BCUT2D eigenvalue weighted by atomic mass is 15.6. The molecule has 0 saturated heterocycles. The molecule has 0 amide bonds. The third-order valence-corrected chi connectivity index (χ3v) is 4.21. The zero-order chi connectivity index (χ0) is 13.2. The van der Waals surface area contributed by atoms with E-state index in [-0.39, 0.29) is 5.41 Å². The Labute approximate surface area is 108 Å². The Morgan fingerprint density at radius 3 is 2.56 bits per heavy atom. The van der Waals surface area contributed by atoms with Crippen LogP contribution in [0.25, 0.3) is 0 Å². The molecule has 1 aliphatic carbocycles. The van der Waals surface area contributed by atoms with Gasteiger partial charge in [-0.15, -0.1) is 10.2 Å². The third-order valence-electron chi connectivity index (χ3n) is 4.21. The van der Waals surface area contributed by atoms with E-state index in [1.165, 1.54) is 4.80 Å². The number of hydrogen-bond acceptors (Lipinski definition) is 4. The van der Waals surface area contributed by atoms with E-state index in [0.29, 0.717) is 12.2 Å². The lowest BCUT2D eigenvalue weighted by Crippen LogP contribution is -2.30. The SMILES string of the molecule is CC(C)C1CCC(C#N)(Cc2nnn(C)n2)CC1. The summed E-state index contributed by atoms with van der Waals surface area (Å²) >= 11 is 0. The molecule has 0 radical (unpaired) electrons. The number of hydrogen-bond donors (Lipinski definition) is 0. The first-order valence-electron chi connectivity index (χ1n) is 6.69. The molecule has 5 nitrogen and oxygen atoms in total. The standard InChI is InChI=1S/C13H21N5/c1-10(2)11-4-6-13(9-14,7-5-11)8-12-15-17-18(3)16-12/h10-11H,4-8H2,1-3H3. The molecule has 1 heterocycles. The fraction of sp³-hybridized carbons (Fsp3) is 0.846. The molecule has 0 atom stereocenters. The zero-order valence-corrected chi connectivity index (χ0v) is 11.4. The molecule has 1 aliphatic rings. The lowest BCUT2D eigenvalue weighted by molar-refractivity contribution is 0.173. The van der Waals surface area contributed by atoms with Gasteiger partial charge in [-0.1, -0.05) is 13.8 Å². The summed E-state index contributed by atoms with van der Waals surface area (Å²) in [6.07, 6.45) is 4.86. The van der Waals surface area contributed by atoms with E-state index in [1.807, 2.05) is 0 Å². The van der Waals surface area contributed by atoms with Gasteiger partial charge in [0.1, 0.15) is 0 Å². The minimum Gasteiger partial charge on any atom is -0.198 e. The van der Waals surface area contributed by atoms with Crippen molar-refractivity contribution in [3.05, 3.63) is 5.82 Å². The zero-order valence-electron chi connectivity index (χ0n) is 11.4. The summed E-state index contributed by atoms with van der Waals surface area (Å²) in [5, 5.41) is 21.5. The fourth-order valence-corrected chi connectivity index (χ4v) is 2.88. The lowest BCUT2D eigenvalue weighted by Gasteiger charge is -2.35. The van der Waals surface area contributed by atoms with Crippen LogP contribution in [0.2, 0.25) is 0 Å². The van der Waals surface area contributed by atoms with E-state index in [2.05, 4.69) is 35.3 Å². The average molecular weight is 247 g/mol. The molecule has 0 N–H and O–H groups in total. The summed E-state index contributed by atoms with van der Waals surface area (Å²) in [4.78, 5) is 1.46. The fourth-order valence-electron chi connectivity index (χ4n) is 2.88. The van der Waals surface area contributed by atoms with Crippen LogP contribution in [0.1, 0.15) is 45.4 Å². The number of rotatable bonds is 3. The van der Waals surface area contributed by atoms with Gasteiger partial charge >= 0.3 is 0 Å². The van der Waals surface area contributed by atoms with Crippen LogP contribution in [-0.2, 0) is 13.5 Å². The number of nitriles is 1. The van der Waals surface area contributed by atoms with Gasteiger partial charge in [-0.25, -0.2) is 0 Å². The Morgan fingerprint density at radius 2 is 2.11 bits per heavy atom. The normalized spacial score (nSPS) is 28.3. The van der Waals surface area contributed by atoms with Crippen molar-refractivity contribution in [2.75, 3.05) is 0 Å². The van der Waals surface area contributed by atoms with E-state index >= 15 is 0 Å². The van der Waals surface area contributed by atoms with Gasteiger partial charge in [-0.05, 0) is 42.7 Å². The number of nitrogens with zero attached hydrogens (tertiary/aromatic N) is 5. The highest BCUT2D eigenvalue weighted by molar-refractivity contribution is 5.06. The quantitative estimate of drug-likeness (QED) is 0.820. The molecule has 0 spiro atoms. The van der Waals surface area contributed by atoms with Gasteiger partial charge in [0.25, 0.3) is 0 Å². The van der Waals surface area contributed by atoms with Gasteiger partial charge in [-0.2, -0.15) is 10.1 Å². The molecule has 1 aromatic heterocycles. The topological polar surface area (TPSA) is 67.4 Å². The van der Waals surface area contributed by atoms with Crippen molar-refractivity contribution in [1.82, 2.24) is 20.2 Å². The van der Waals surface area contributed by atoms with Gasteiger partial charge in [0, 0.05) is 6.42 Å². The molecule has 0 bridgehead atoms. The maximum absolute atomic E-state index is 9.50. The van der Waals surface area contributed by atoms with Crippen LogP contribution in [0.15, 0.2) is 0 Å². The highest BCUT2D eigenvalue weighted by Gasteiger charge is 2.37. The molecule has 0 unspecified atom stereocenters. The van der Waals surface area contributed by atoms with E-state index in [1.54, 1.807) is 7.05 Å². The molecule has 1 aromatic rings. The molecule has 2 rings (SSSR count). The molecule has 0 aromatic carbocycles. The first-order valence-corrected chi connectivity index (χ1v) is 6.69. The minimum absolute atomic E-state index is 0.269. The van der Waals surface area contributed by atoms with Crippen molar-refractivity contribution in [3.8, 4) is 6.07 Å². The molecule has 0 aliphatic heterocycles. The van der Waals surface area contributed by atoms with Gasteiger partial charge in [0.15, 0.2) is 5.82 Å². The monoisotopic (exact) mass is 247 g/mol. The smallest absolute Gasteiger partial charge is 0.176 e. The van der Waals surface area contributed by atoms with Gasteiger partial charge in [0.05, 0.1) is 18.5 Å². The first kappa shape index (κ1) is 13.0. The molecule has 18 heavy (non-hydrogen) atoms. The van der Waals surface area contributed by atoms with Crippen LogP contribution in [0.5, 0.6) is 0 Å². The van der Waals surface area contributed by atoms with E-state index in [9.17, 15) is 5.26 Å². The Kier molecular flexibility index (Phi) is 3.65. The van der Waals surface area contributed by atoms with E-state index in [0.717, 1.165) is 37.5 Å². The summed E-state index contributed by atoms with van der Waals surface area (Å²) < 4.78 is 0. The first-order chi connectivity index (χ1) is 8.54. The summed E-state index contributed by atoms with van der Waals surface area (Å²) in [6.45, 7) is 4.54. The second-order valence-corrected chi connectivity index (χ2v) is 5.85. The second kappa shape index (κ2) is 5.05. The van der Waals surface area contributed by atoms with Crippen molar-refractivity contribution in [2.45, 2.75) is 46.0 Å². The van der Waals surface area contributed by atoms with Crippen LogP contribution < -0.4 is 0 Å². The Balaban J connectivity index is 2.03. The Bertz CT molecular complexity index is 434. The van der Waals surface area contributed by atoms with Crippen molar-refractivity contribution in [2.24, 2.45) is 24.3 Å². The van der Waals surface area contributed by atoms with Crippen LogP contribution in [-0.4, -0.2) is 20.2 Å². The summed E-state index contributed by atoms with van der Waals surface area (Å²) in [5.41, 5.74) is -0.269. The van der Waals surface area contributed by atoms with Crippen molar-refractivity contribution >= 4 is 0 Å². The second-order valence-electron chi connectivity index (χ2n) is 5.85. The number of tetrazole rings is 1. The third kappa shape index (κ3) is 2.69. The molecule has 98 valence electrons. The summed E-state index contributed by atoms with van der Waals surface area (Å²) in [5.74, 6) is 2.18. The van der Waals surface area contributed by atoms with Gasteiger partial charge in [0.2, 0.25) is 0 Å². The summed E-state index contributed by atoms with van der Waals surface area (Å²) in [7, 11) is 1.76. The van der Waals surface area contributed by atoms with Crippen LogP contribution >= 0.6 is 0 Å². The van der Waals surface area contributed by atoms with Gasteiger partial charge in [-0.3, -0.25) is 0 Å². The molecule has 5 heteroatoms. The maximum atomic E-state index is 9.50. The predicted molar refractivity (Wildman–Crippen MR) is 67.3 cm³/mol. The van der Waals surface area contributed by atoms with Crippen LogP contribution in [0, 0.1) is 28.6 Å². The molecule has 1 fully saturated rings. The highest BCUT2D eigenvalue weighted by Crippen LogP contribution is 2.42. The van der Waals surface area contributed by atoms with Crippen molar-refractivity contribution < 1.29 is 0 Å². The molecule has 1 saturated carbocycles. The molecular formula is C13H21N5. The van der Waals surface area contributed by atoms with E-state index < -0.39 is 0 Å². The molecular weight excluding hydrogens is 226 g/mol. The Morgan fingerprint density at radius 1 is 1.44 bits per heavy atom. The predicted octanol–water partition coefficient (Wildman–Crippen LogP) is 2.11. The van der Waals surface area contributed by atoms with Crippen molar-refractivity contribution in [3.63, 3.8) is 0 Å². The van der Waals surface area contributed by atoms with Crippen molar-refractivity contribution in [1.29, 1.82) is 5.26 Å². The Hall–Kier alpha value is -1.44. The largest absolute Gasteiger partial charge is 0.198 e. The van der Waals surface area contributed by atoms with E-state index in [4.69, 9.17) is 0 Å². The van der Waals surface area contributed by atoms with Crippen LogP contribution in [0.4, 0.5) is 0 Å². The maximum Gasteiger partial charge on any atom is 0.176 e.